The Morgan fingerprint density at radius 1 is 1.14 bits per heavy atom. The summed E-state index contributed by atoms with van der Waals surface area (Å²) in [6, 6.07) is 10.5. The molecule has 0 saturated heterocycles. The molecule has 1 atom stereocenters. The topological polar surface area (TPSA) is 46.3 Å². The molecule has 0 saturated carbocycles. The molecule has 0 bridgehead atoms. The van der Waals surface area contributed by atoms with Gasteiger partial charge in [-0.25, -0.2) is 8.78 Å². The molecule has 1 amide bonds. The predicted octanol–water partition coefficient (Wildman–Crippen LogP) is 2.55. The minimum absolute atomic E-state index is 0.0331. The first-order valence-electron chi connectivity index (χ1n) is 6.65. The summed E-state index contributed by atoms with van der Waals surface area (Å²) in [5.41, 5.74) is 8.29. The number of hydrogen-bond donors (Lipinski definition) is 1. The normalized spacial score (nSPS) is 15.2. The molecule has 0 spiro atoms. The number of para-hydroxylation sites is 1. The highest BCUT2D eigenvalue weighted by atomic mass is 19.2. The lowest BCUT2D eigenvalue weighted by Crippen LogP contribution is -2.34. The van der Waals surface area contributed by atoms with Gasteiger partial charge in [0.1, 0.15) is 0 Å². The average molecular weight is 288 g/mol. The Balaban J connectivity index is 1.83. The zero-order valence-electron chi connectivity index (χ0n) is 11.2. The first-order chi connectivity index (χ1) is 10.1. The highest BCUT2D eigenvalue weighted by molar-refractivity contribution is 6.01. The lowest BCUT2D eigenvalue weighted by Gasteiger charge is -2.22. The Morgan fingerprint density at radius 2 is 1.90 bits per heavy atom. The van der Waals surface area contributed by atoms with Crippen LogP contribution in [-0.4, -0.2) is 12.5 Å². The maximum atomic E-state index is 13.3. The summed E-state index contributed by atoms with van der Waals surface area (Å²) in [6.07, 6.45) is 0.348. The van der Waals surface area contributed by atoms with Crippen LogP contribution in [0.4, 0.5) is 14.5 Å². The number of fused-ring (bicyclic) bond motifs is 1. The molecule has 1 aliphatic heterocycles. The number of carbonyl (C=O) groups excluding carboxylic acids is 1. The van der Waals surface area contributed by atoms with Crippen LogP contribution in [0.2, 0.25) is 0 Å². The van der Waals surface area contributed by atoms with E-state index in [9.17, 15) is 13.6 Å². The summed E-state index contributed by atoms with van der Waals surface area (Å²) in [6.45, 7) is 0.237. The van der Waals surface area contributed by atoms with E-state index in [1.54, 1.807) is 4.90 Å². The van der Waals surface area contributed by atoms with E-state index < -0.39 is 17.7 Å². The number of nitrogens with zero attached hydrogens (tertiary/aromatic N) is 1. The Labute approximate surface area is 121 Å². The summed E-state index contributed by atoms with van der Waals surface area (Å²) < 4.78 is 26.2. The van der Waals surface area contributed by atoms with Gasteiger partial charge >= 0.3 is 0 Å². The number of rotatable bonds is 3. The fraction of sp³-hybridized carbons (Fsp3) is 0.188. The molecular weight excluding hydrogens is 274 g/mol. The van der Waals surface area contributed by atoms with Gasteiger partial charge in [-0.2, -0.15) is 0 Å². The lowest BCUT2D eigenvalue weighted by atomic mass is 10.1. The first kappa shape index (κ1) is 13.7. The molecule has 1 aliphatic rings. The van der Waals surface area contributed by atoms with Crippen LogP contribution in [-0.2, 0) is 11.2 Å². The molecule has 108 valence electrons. The van der Waals surface area contributed by atoms with Crippen LogP contribution in [0, 0.1) is 11.6 Å². The minimum Gasteiger partial charge on any atom is -0.322 e. The van der Waals surface area contributed by atoms with E-state index in [-0.39, 0.29) is 12.5 Å². The Bertz CT molecular complexity index is 702. The van der Waals surface area contributed by atoms with Crippen molar-refractivity contribution in [3.8, 4) is 0 Å². The van der Waals surface area contributed by atoms with Gasteiger partial charge in [0.2, 0.25) is 5.91 Å². The van der Waals surface area contributed by atoms with Crippen LogP contribution in [0.3, 0.4) is 0 Å². The third-order valence-electron chi connectivity index (χ3n) is 3.68. The van der Waals surface area contributed by atoms with E-state index in [1.165, 1.54) is 6.07 Å². The zero-order valence-corrected chi connectivity index (χ0v) is 11.2. The number of amides is 1. The molecule has 2 N–H and O–H groups in total. The second-order valence-corrected chi connectivity index (χ2v) is 5.09. The first-order valence-corrected chi connectivity index (χ1v) is 6.65. The van der Waals surface area contributed by atoms with E-state index in [1.807, 2.05) is 24.3 Å². The molecular formula is C16H14F2N2O. The molecule has 2 aromatic carbocycles. The van der Waals surface area contributed by atoms with Crippen LogP contribution < -0.4 is 10.6 Å². The molecule has 1 heterocycles. The molecule has 3 nitrogen and oxygen atoms in total. The third kappa shape index (κ3) is 2.52. The van der Waals surface area contributed by atoms with Crippen molar-refractivity contribution in [1.82, 2.24) is 0 Å². The van der Waals surface area contributed by atoms with E-state index in [4.69, 9.17) is 5.73 Å². The quantitative estimate of drug-likeness (QED) is 0.943. The SMILES string of the molecule is NC(CN1C(=O)Cc2ccccc21)c1ccc(F)c(F)c1. The Morgan fingerprint density at radius 3 is 2.67 bits per heavy atom. The number of nitrogens with two attached hydrogens (primary N) is 1. The second kappa shape index (κ2) is 5.26. The van der Waals surface area contributed by atoms with Crippen molar-refractivity contribution in [2.75, 3.05) is 11.4 Å². The van der Waals surface area contributed by atoms with Crippen LogP contribution >= 0.6 is 0 Å². The molecule has 1 unspecified atom stereocenters. The number of halogens is 2. The van der Waals surface area contributed by atoms with Crippen molar-refractivity contribution < 1.29 is 13.6 Å². The Kier molecular flexibility index (Phi) is 3.43. The number of anilines is 1. The average Bonchev–Trinajstić information content (AvgIpc) is 2.78. The number of benzene rings is 2. The smallest absolute Gasteiger partial charge is 0.231 e. The fourth-order valence-electron chi connectivity index (χ4n) is 2.56. The van der Waals surface area contributed by atoms with E-state index in [2.05, 4.69) is 0 Å². The van der Waals surface area contributed by atoms with Gasteiger partial charge in [-0.3, -0.25) is 4.79 Å². The molecule has 0 fully saturated rings. The van der Waals surface area contributed by atoms with Gasteiger partial charge < -0.3 is 10.6 Å². The van der Waals surface area contributed by atoms with Crippen molar-refractivity contribution in [3.05, 3.63) is 65.2 Å². The van der Waals surface area contributed by atoms with E-state index >= 15 is 0 Å². The summed E-state index contributed by atoms with van der Waals surface area (Å²) in [7, 11) is 0. The van der Waals surface area contributed by atoms with Crippen molar-refractivity contribution in [3.63, 3.8) is 0 Å². The monoisotopic (exact) mass is 288 g/mol. The van der Waals surface area contributed by atoms with Crippen molar-refractivity contribution in [2.45, 2.75) is 12.5 Å². The minimum atomic E-state index is -0.934. The number of hydrogen-bond acceptors (Lipinski definition) is 2. The highest BCUT2D eigenvalue weighted by Crippen LogP contribution is 2.30. The van der Waals surface area contributed by atoms with Gasteiger partial charge in [-0.15, -0.1) is 0 Å². The summed E-state index contributed by atoms with van der Waals surface area (Å²) >= 11 is 0. The van der Waals surface area contributed by atoms with Gasteiger partial charge in [0.25, 0.3) is 0 Å². The summed E-state index contributed by atoms with van der Waals surface area (Å²) in [5.74, 6) is -1.88. The molecule has 21 heavy (non-hydrogen) atoms. The van der Waals surface area contributed by atoms with E-state index in [0.717, 1.165) is 23.4 Å². The summed E-state index contributed by atoms with van der Waals surface area (Å²) in [4.78, 5) is 13.7. The number of carbonyl (C=O) groups is 1. The van der Waals surface area contributed by atoms with E-state index in [0.29, 0.717) is 12.0 Å². The molecule has 5 heteroatoms. The maximum Gasteiger partial charge on any atom is 0.231 e. The van der Waals surface area contributed by atoms with Gasteiger partial charge in [0.15, 0.2) is 11.6 Å². The van der Waals surface area contributed by atoms with Crippen molar-refractivity contribution >= 4 is 11.6 Å². The maximum absolute atomic E-state index is 13.3. The fourth-order valence-corrected chi connectivity index (χ4v) is 2.56. The molecule has 3 rings (SSSR count). The molecule has 0 aliphatic carbocycles. The van der Waals surface area contributed by atoms with Gasteiger partial charge in [-0.1, -0.05) is 24.3 Å². The van der Waals surface area contributed by atoms with Crippen LogP contribution in [0.1, 0.15) is 17.2 Å². The second-order valence-electron chi connectivity index (χ2n) is 5.09. The lowest BCUT2D eigenvalue weighted by molar-refractivity contribution is -0.117. The summed E-state index contributed by atoms with van der Waals surface area (Å²) in [5, 5.41) is 0. The van der Waals surface area contributed by atoms with Gasteiger partial charge in [-0.05, 0) is 29.3 Å². The van der Waals surface area contributed by atoms with Crippen molar-refractivity contribution in [1.29, 1.82) is 0 Å². The molecule has 0 aromatic heterocycles. The molecule has 2 aromatic rings. The van der Waals surface area contributed by atoms with Gasteiger partial charge in [0, 0.05) is 18.3 Å². The van der Waals surface area contributed by atoms with Crippen LogP contribution in [0.5, 0.6) is 0 Å². The molecule has 0 radical (unpaired) electrons. The van der Waals surface area contributed by atoms with Crippen LogP contribution in [0.25, 0.3) is 0 Å². The largest absolute Gasteiger partial charge is 0.322 e. The van der Waals surface area contributed by atoms with Gasteiger partial charge in [0.05, 0.1) is 6.42 Å². The van der Waals surface area contributed by atoms with Crippen LogP contribution in [0.15, 0.2) is 42.5 Å². The predicted molar refractivity (Wildman–Crippen MR) is 75.8 cm³/mol. The van der Waals surface area contributed by atoms with Crippen molar-refractivity contribution in [2.24, 2.45) is 5.73 Å². The standard InChI is InChI=1S/C16H14F2N2O/c17-12-6-5-10(7-13(12)18)14(19)9-20-15-4-2-1-3-11(15)8-16(20)21/h1-7,14H,8-9,19H2. The zero-order chi connectivity index (χ0) is 15.0. The Hall–Kier alpha value is -2.27. The third-order valence-corrected chi connectivity index (χ3v) is 3.68. The highest BCUT2D eigenvalue weighted by Gasteiger charge is 2.28.